The Morgan fingerprint density at radius 3 is 3.00 bits per heavy atom. The molecule has 1 aliphatic heterocycles. The second-order valence-electron chi connectivity index (χ2n) is 3.46. The first kappa shape index (κ1) is 10.5. The van der Waals surface area contributed by atoms with Gasteiger partial charge in [0.15, 0.2) is 0 Å². The van der Waals surface area contributed by atoms with Gasteiger partial charge in [0.2, 0.25) is 5.91 Å². The first-order chi connectivity index (χ1) is 7.22. The molecule has 0 bridgehead atoms. The molecular formula is C11H13NO2S. The number of nitrogens with zero attached hydrogens (tertiary/aromatic N) is 1. The number of carbonyl (C=O) groups is 1. The highest BCUT2D eigenvalue weighted by Crippen LogP contribution is 2.31. The van der Waals surface area contributed by atoms with Crippen LogP contribution in [0, 0.1) is 0 Å². The first-order valence-electron chi connectivity index (χ1n) is 4.84. The van der Waals surface area contributed by atoms with E-state index in [1.807, 2.05) is 17.0 Å². The molecule has 1 aromatic rings. The van der Waals surface area contributed by atoms with Gasteiger partial charge in [0.1, 0.15) is 0 Å². The second-order valence-corrected chi connectivity index (χ2v) is 4.43. The Bertz CT molecular complexity index is 392. The van der Waals surface area contributed by atoms with Gasteiger partial charge in [0, 0.05) is 36.1 Å². The lowest BCUT2D eigenvalue weighted by Gasteiger charge is -2.14. The number of hydrogen-bond acceptors (Lipinski definition) is 3. The van der Waals surface area contributed by atoms with Crippen LogP contribution in [0.3, 0.4) is 0 Å². The number of anilines is 1. The summed E-state index contributed by atoms with van der Waals surface area (Å²) in [4.78, 5) is 14.2. The largest absolute Gasteiger partial charge is 0.314 e. The molecule has 0 N–H and O–H groups in total. The maximum Gasteiger partial charge on any atom is 0.223 e. The predicted molar refractivity (Wildman–Crippen MR) is 61.0 cm³/mol. The van der Waals surface area contributed by atoms with Crippen molar-refractivity contribution in [2.75, 3.05) is 18.6 Å². The third-order valence-electron chi connectivity index (χ3n) is 2.51. The molecule has 0 spiro atoms. The Morgan fingerprint density at radius 1 is 1.53 bits per heavy atom. The van der Waals surface area contributed by atoms with E-state index < -0.39 is 0 Å². The molecule has 0 saturated heterocycles. The SMILES string of the molecule is COSc1ccc2c(c1)CCN2C(C)=O. The average Bonchev–Trinajstić information content (AvgIpc) is 2.61. The minimum Gasteiger partial charge on any atom is -0.314 e. The predicted octanol–water partition coefficient (Wildman–Crippen LogP) is 2.25. The number of benzene rings is 1. The highest BCUT2D eigenvalue weighted by molar-refractivity contribution is 7.94. The van der Waals surface area contributed by atoms with Crippen molar-refractivity contribution >= 4 is 23.6 Å². The quantitative estimate of drug-likeness (QED) is 0.720. The topological polar surface area (TPSA) is 29.5 Å². The minimum absolute atomic E-state index is 0.112. The fraction of sp³-hybridized carbons (Fsp3) is 0.364. The van der Waals surface area contributed by atoms with Crippen LogP contribution in [0.5, 0.6) is 0 Å². The van der Waals surface area contributed by atoms with Gasteiger partial charge >= 0.3 is 0 Å². The monoisotopic (exact) mass is 223 g/mol. The van der Waals surface area contributed by atoms with E-state index in [-0.39, 0.29) is 5.91 Å². The van der Waals surface area contributed by atoms with Crippen LogP contribution in [0.1, 0.15) is 12.5 Å². The molecule has 0 saturated carbocycles. The van der Waals surface area contributed by atoms with E-state index in [9.17, 15) is 4.79 Å². The molecule has 4 heteroatoms. The smallest absolute Gasteiger partial charge is 0.223 e. The van der Waals surface area contributed by atoms with Gasteiger partial charge in [-0.15, -0.1) is 0 Å². The molecule has 0 unspecified atom stereocenters. The van der Waals surface area contributed by atoms with Gasteiger partial charge in [-0.05, 0) is 30.2 Å². The molecule has 1 heterocycles. The third-order valence-corrected chi connectivity index (χ3v) is 3.12. The summed E-state index contributed by atoms with van der Waals surface area (Å²) in [5, 5.41) is 0. The molecule has 0 radical (unpaired) electrons. The molecule has 80 valence electrons. The summed E-state index contributed by atoms with van der Waals surface area (Å²) in [5.74, 6) is 0.112. The van der Waals surface area contributed by atoms with Gasteiger partial charge in [-0.1, -0.05) is 0 Å². The molecule has 1 aromatic carbocycles. The molecule has 0 aliphatic carbocycles. The van der Waals surface area contributed by atoms with Crippen molar-refractivity contribution < 1.29 is 8.98 Å². The Kier molecular flexibility index (Phi) is 2.98. The average molecular weight is 223 g/mol. The number of rotatable bonds is 2. The summed E-state index contributed by atoms with van der Waals surface area (Å²) >= 11 is 1.35. The Morgan fingerprint density at radius 2 is 2.33 bits per heavy atom. The number of hydrogen-bond donors (Lipinski definition) is 0. The summed E-state index contributed by atoms with van der Waals surface area (Å²) in [6.45, 7) is 2.40. The summed E-state index contributed by atoms with van der Waals surface area (Å²) < 4.78 is 5.00. The summed E-state index contributed by atoms with van der Waals surface area (Å²) in [6.07, 6.45) is 0.938. The Balaban J connectivity index is 2.29. The molecule has 0 fully saturated rings. The van der Waals surface area contributed by atoms with E-state index in [1.54, 1.807) is 14.0 Å². The fourth-order valence-electron chi connectivity index (χ4n) is 1.85. The van der Waals surface area contributed by atoms with Crippen molar-refractivity contribution in [3.8, 4) is 0 Å². The lowest BCUT2D eigenvalue weighted by molar-refractivity contribution is -0.116. The van der Waals surface area contributed by atoms with E-state index in [0.717, 1.165) is 23.5 Å². The Hall–Kier alpha value is -1.00. The van der Waals surface area contributed by atoms with Gasteiger partial charge in [0.25, 0.3) is 0 Å². The molecule has 15 heavy (non-hydrogen) atoms. The lowest BCUT2D eigenvalue weighted by Crippen LogP contribution is -2.25. The standard InChI is InChI=1S/C11H13NO2S/c1-8(13)12-6-5-9-7-10(15-14-2)3-4-11(9)12/h3-4,7H,5-6H2,1-2H3. The summed E-state index contributed by atoms with van der Waals surface area (Å²) in [6, 6.07) is 6.06. The zero-order valence-corrected chi connectivity index (χ0v) is 9.63. The number of fused-ring (bicyclic) bond motifs is 1. The normalized spacial score (nSPS) is 14.1. The van der Waals surface area contributed by atoms with Gasteiger partial charge in [-0.3, -0.25) is 4.79 Å². The maximum atomic E-state index is 11.3. The van der Waals surface area contributed by atoms with Crippen LogP contribution in [-0.2, 0) is 15.4 Å². The molecule has 2 rings (SSSR count). The van der Waals surface area contributed by atoms with Crippen LogP contribution < -0.4 is 4.90 Å². The zero-order chi connectivity index (χ0) is 10.8. The fourth-order valence-corrected chi connectivity index (χ4v) is 2.36. The van der Waals surface area contributed by atoms with E-state index in [4.69, 9.17) is 4.18 Å². The van der Waals surface area contributed by atoms with E-state index in [0.29, 0.717) is 0 Å². The van der Waals surface area contributed by atoms with Crippen molar-refractivity contribution in [3.63, 3.8) is 0 Å². The van der Waals surface area contributed by atoms with Crippen molar-refractivity contribution in [2.45, 2.75) is 18.2 Å². The molecule has 0 aromatic heterocycles. The van der Waals surface area contributed by atoms with Gasteiger partial charge in [-0.2, -0.15) is 0 Å². The van der Waals surface area contributed by atoms with E-state index >= 15 is 0 Å². The van der Waals surface area contributed by atoms with Gasteiger partial charge < -0.3 is 9.08 Å². The lowest BCUT2D eigenvalue weighted by atomic mass is 10.2. The van der Waals surface area contributed by atoms with E-state index in [1.165, 1.54) is 17.6 Å². The maximum absolute atomic E-state index is 11.3. The van der Waals surface area contributed by atoms with Crippen molar-refractivity contribution in [2.24, 2.45) is 0 Å². The second kappa shape index (κ2) is 4.24. The molecule has 1 aliphatic rings. The number of amides is 1. The molecular weight excluding hydrogens is 210 g/mol. The van der Waals surface area contributed by atoms with Crippen molar-refractivity contribution in [3.05, 3.63) is 23.8 Å². The zero-order valence-electron chi connectivity index (χ0n) is 8.82. The van der Waals surface area contributed by atoms with Crippen LogP contribution in [0.2, 0.25) is 0 Å². The van der Waals surface area contributed by atoms with Gasteiger partial charge in [-0.25, -0.2) is 0 Å². The van der Waals surface area contributed by atoms with Crippen LogP contribution in [0.25, 0.3) is 0 Å². The van der Waals surface area contributed by atoms with Crippen LogP contribution in [0.4, 0.5) is 5.69 Å². The minimum atomic E-state index is 0.112. The highest BCUT2D eigenvalue weighted by atomic mass is 32.2. The molecule has 0 atom stereocenters. The third kappa shape index (κ3) is 2.01. The highest BCUT2D eigenvalue weighted by Gasteiger charge is 2.21. The van der Waals surface area contributed by atoms with Crippen LogP contribution in [-0.4, -0.2) is 19.6 Å². The van der Waals surface area contributed by atoms with Crippen LogP contribution in [0.15, 0.2) is 23.1 Å². The summed E-state index contributed by atoms with van der Waals surface area (Å²) in [7, 11) is 1.65. The van der Waals surface area contributed by atoms with Crippen LogP contribution >= 0.6 is 12.0 Å². The van der Waals surface area contributed by atoms with Crippen molar-refractivity contribution in [1.29, 1.82) is 0 Å². The Labute approximate surface area is 93.6 Å². The molecule has 1 amide bonds. The van der Waals surface area contributed by atoms with E-state index in [2.05, 4.69) is 6.07 Å². The van der Waals surface area contributed by atoms with Crippen molar-refractivity contribution in [1.82, 2.24) is 0 Å². The molecule has 3 nitrogen and oxygen atoms in total. The van der Waals surface area contributed by atoms with Gasteiger partial charge in [0.05, 0.1) is 7.11 Å². The first-order valence-corrected chi connectivity index (χ1v) is 5.58. The summed E-state index contributed by atoms with van der Waals surface area (Å²) in [5.41, 5.74) is 2.27. The number of carbonyl (C=O) groups excluding carboxylic acids is 1.